The molecule has 0 saturated carbocycles. The van der Waals surface area contributed by atoms with Gasteiger partial charge in [-0.3, -0.25) is 9.59 Å². The van der Waals surface area contributed by atoms with Crippen LogP contribution in [-0.4, -0.2) is 60.2 Å². The molecule has 2 unspecified atom stereocenters. The number of rotatable bonds is 4. The second kappa shape index (κ2) is 6.75. The fourth-order valence-electron chi connectivity index (χ4n) is 3.37. The first kappa shape index (κ1) is 18.4. The SMILES string of the molecule is COc1ccc(Cl)cc1N1CC(C(=O)N2CCC(F)(C(=O)O)C2)CC1=O. The second-order valence-electron chi connectivity index (χ2n) is 6.50. The van der Waals surface area contributed by atoms with Crippen LogP contribution in [0.2, 0.25) is 5.02 Å². The number of nitrogens with zero attached hydrogens (tertiary/aromatic N) is 2. The molecule has 7 nitrogen and oxygen atoms in total. The minimum absolute atomic E-state index is 0.0206. The normalized spacial score (nSPS) is 25.7. The van der Waals surface area contributed by atoms with Gasteiger partial charge in [-0.2, -0.15) is 0 Å². The molecule has 0 bridgehead atoms. The lowest BCUT2D eigenvalue weighted by molar-refractivity contribution is -0.150. The van der Waals surface area contributed by atoms with E-state index in [1.807, 2.05) is 0 Å². The van der Waals surface area contributed by atoms with Gasteiger partial charge in [0.25, 0.3) is 0 Å². The van der Waals surface area contributed by atoms with Crippen LogP contribution in [0.4, 0.5) is 10.1 Å². The number of methoxy groups -OCH3 is 1. The molecule has 0 aliphatic carbocycles. The molecule has 140 valence electrons. The third-order valence-corrected chi connectivity index (χ3v) is 5.06. The van der Waals surface area contributed by atoms with Gasteiger partial charge in [0, 0.05) is 31.0 Å². The molecular weight excluding hydrogens is 367 g/mol. The number of halogens is 2. The van der Waals surface area contributed by atoms with Crippen LogP contribution in [0.1, 0.15) is 12.8 Å². The van der Waals surface area contributed by atoms with Crippen LogP contribution in [0.5, 0.6) is 5.75 Å². The van der Waals surface area contributed by atoms with E-state index in [9.17, 15) is 18.8 Å². The van der Waals surface area contributed by atoms with E-state index in [1.54, 1.807) is 18.2 Å². The van der Waals surface area contributed by atoms with E-state index in [0.29, 0.717) is 16.5 Å². The topological polar surface area (TPSA) is 87.2 Å². The molecule has 2 aliphatic rings. The third kappa shape index (κ3) is 3.21. The van der Waals surface area contributed by atoms with Gasteiger partial charge >= 0.3 is 5.97 Å². The summed E-state index contributed by atoms with van der Waals surface area (Å²) in [4.78, 5) is 38.6. The molecule has 2 saturated heterocycles. The van der Waals surface area contributed by atoms with Gasteiger partial charge in [0.1, 0.15) is 5.75 Å². The molecule has 2 atom stereocenters. The lowest BCUT2D eigenvalue weighted by Gasteiger charge is -2.22. The second-order valence-corrected chi connectivity index (χ2v) is 6.94. The van der Waals surface area contributed by atoms with Gasteiger partial charge in [-0.25, -0.2) is 9.18 Å². The van der Waals surface area contributed by atoms with Crippen LogP contribution in [0, 0.1) is 5.92 Å². The van der Waals surface area contributed by atoms with E-state index in [-0.39, 0.29) is 31.8 Å². The summed E-state index contributed by atoms with van der Waals surface area (Å²) in [6.45, 7) is -0.365. The van der Waals surface area contributed by atoms with E-state index in [1.165, 1.54) is 16.9 Å². The molecule has 1 aromatic carbocycles. The Kier molecular flexibility index (Phi) is 4.79. The van der Waals surface area contributed by atoms with Crippen LogP contribution < -0.4 is 9.64 Å². The number of hydrogen-bond acceptors (Lipinski definition) is 4. The van der Waals surface area contributed by atoms with Gasteiger partial charge in [-0.1, -0.05) is 11.6 Å². The van der Waals surface area contributed by atoms with Crippen molar-refractivity contribution in [1.82, 2.24) is 4.90 Å². The Morgan fingerprint density at radius 2 is 2.15 bits per heavy atom. The van der Waals surface area contributed by atoms with Crippen molar-refractivity contribution in [3.8, 4) is 5.75 Å². The molecule has 1 aromatic rings. The summed E-state index contributed by atoms with van der Waals surface area (Å²) >= 11 is 6.00. The molecule has 2 heterocycles. The number of likely N-dealkylation sites (tertiary alicyclic amines) is 1. The average Bonchev–Trinajstić information content (AvgIpc) is 3.18. The van der Waals surface area contributed by atoms with Crippen LogP contribution in [0.15, 0.2) is 18.2 Å². The monoisotopic (exact) mass is 384 g/mol. The number of amides is 2. The highest BCUT2D eigenvalue weighted by atomic mass is 35.5. The van der Waals surface area contributed by atoms with E-state index in [0.717, 1.165) is 0 Å². The van der Waals surface area contributed by atoms with Crippen LogP contribution >= 0.6 is 11.6 Å². The number of carbonyl (C=O) groups excluding carboxylic acids is 2. The summed E-state index contributed by atoms with van der Waals surface area (Å²) in [6, 6.07) is 4.84. The maximum absolute atomic E-state index is 14.2. The van der Waals surface area contributed by atoms with Crippen molar-refractivity contribution in [3.63, 3.8) is 0 Å². The number of ether oxygens (including phenoxy) is 1. The summed E-state index contributed by atoms with van der Waals surface area (Å²) in [5, 5.41) is 9.37. The summed E-state index contributed by atoms with van der Waals surface area (Å²) < 4.78 is 19.4. The van der Waals surface area contributed by atoms with Crippen molar-refractivity contribution in [3.05, 3.63) is 23.2 Å². The van der Waals surface area contributed by atoms with Crippen LogP contribution in [0.25, 0.3) is 0 Å². The van der Waals surface area contributed by atoms with Crippen LogP contribution in [0.3, 0.4) is 0 Å². The molecule has 26 heavy (non-hydrogen) atoms. The average molecular weight is 385 g/mol. The van der Waals surface area contributed by atoms with E-state index in [4.69, 9.17) is 21.4 Å². The van der Waals surface area contributed by atoms with Crippen molar-refractivity contribution < 1.29 is 28.6 Å². The lowest BCUT2D eigenvalue weighted by atomic mass is 10.1. The Hall–Kier alpha value is -2.35. The molecule has 0 spiro atoms. The lowest BCUT2D eigenvalue weighted by Crippen LogP contribution is -2.41. The Balaban J connectivity index is 1.75. The number of carboxylic acids is 1. The molecule has 0 radical (unpaired) electrons. The third-order valence-electron chi connectivity index (χ3n) is 4.82. The molecular formula is C17H18ClFN2O5. The predicted octanol–water partition coefficient (Wildman–Crippen LogP) is 1.73. The zero-order valence-corrected chi connectivity index (χ0v) is 14.8. The number of alkyl halides is 1. The standard InChI is InChI=1S/C17H18ClFN2O5/c1-26-13-3-2-11(18)7-12(13)21-8-10(6-14(21)22)15(23)20-5-4-17(19,9-20)16(24)25/h2-3,7,10H,4-6,8-9H2,1H3,(H,24,25). The minimum atomic E-state index is -2.42. The van der Waals surface area contributed by atoms with Crippen molar-refractivity contribution >= 4 is 35.1 Å². The molecule has 0 aromatic heterocycles. The quantitative estimate of drug-likeness (QED) is 0.854. The molecule has 1 N–H and O–H groups in total. The summed E-state index contributed by atoms with van der Waals surface area (Å²) in [5.41, 5.74) is -1.96. The molecule has 3 rings (SSSR count). The Morgan fingerprint density at radius 3 is 2.77 bits per heavy atom. The summed E-state index contributed by atoms with van der Waals surface area (Å²) in [5.74, 6) is -2.47. The number of benzene rings is 1. The number of anilines is 1. The van der Waals surface area contributed by atoms with Crippen molar-refractivity contribution in [2.75, 3.05) is 31.6 Å². The molecule has 2 fully saturated rings. The minimum Gasteiger partial charge on any atom is -0.495 e. The smallest absolute Gasteiger partial charge is 0.343 e. The van der Waals surface area contributed by atoms with Gasteiger partial charge in [-0.05, 0) is 18.2 Å². The Morgan fingerprint density at radius 1 is 1.42 bits per heavy atom. The van der Waals surface area contributed by atoms with E-state index < -0.39 is 30.0 Å². The highest BCUT2D eigenvalue weighted by Crippen LogP contribution is 2.36. The fourth-order valence-corrected chi connectivity index (χ4v) is 3.54. The van der Waals surface area contributed by atoms with Gasteiger partial charge in [0.2, 0.25) is 17.5 Å². The number of hydrogen-bond donors (Lipinski definition) is 1. The molecule has 2 amide bonds. The number of carboxylic acid groups (broad SMARTS) is 1. The zero-order valence-electron chi connectivity index (χ0n) is 14.1. The summed E-state index contributed by atoms with van der Waals surface area (Å²) in [6.07, 6.45) is -0.280. The van der Waals surface area contributed by atoms with Crippen LogP contribution in [-0.2, 0) is 14.4 Å². The van der Waals surface area contributed by atoms with Gasteiger partial charge in [0.15, 0.2) is 0 Å². The summed E-state index contributed by atoms with van der Waals surface area (Å²) in [7, 11) is 1.47. The number of carbonyl (C=O) groups is 3. The number of aliphatic carboxylic acids is 1. The maximum atomic E-state index is 14.2. The van der Waals surface area contributed by atoms with Gasteiger partial charge < -0.3 is 19.6 Å². The van der Waals surface area contributed by atoms with Crippen molar-refractivity contribution in [2.24, 2.45) is 5.92 Å². The van der Waals surface area contributed by atoms with Crippen molar-refractivity contribution in [1.29, 1.82) is 0 Å². The predicted molar refractivity (Wildman–Crippen MR) is 91.1 cm³/mol. The highest BCUT2D eigenvalue weighted by molar-refractivity contribution is 6.31. The largest absolute Gasteiger partial charge is 0.495 e. The molecule has 9 heteroatoms. The van der Waals surface area contributed by atoms with Crippen molar-refractivity contribution in [2.45, 2.75) is 18.5 Å². The van der Waals surface area contributed by atoms with Gasteiger partial charge in [0.05, 0.1) is 25.3 Å². The first-order valence-electron chi connectivity index (χ1n) is 8.10. The van der Waals surface area contributed by atoms with E-state index >= 15 is 0 Å². The Bertz CT molecular complexity index is 774. The Labute approximate surface area is 154 Å². The first-order chi connectivity index (χ1) is 12.2. The van der Waals surface area contributed by atoms with Gasteiger partial charge in [-0.15, -0.1) is 0 Å². The first-order valence-corrected chi connectivity index (χ1v) is 8.48. The fraction of sp³-hybridized carbons (Fsp3) is 0.471. The zero-order chi connectivity index (χ0) is 19.1. The highest BCUT2D eigenvalue weighted by Gasteiger charge is 2.49. The van der Waals surface area contributed by atoms with E-state index in [2.05, 4.69) is 0 Å². The molecule has 2 aliphatic heterocycles. The maximum Gasteiger partial charge on any atom is 0.343 e.